The van der Waals surface area contributed by atoms with Crippen LogP contribution >= 0.6 is 11.8 Å². The summed E-state index contributed by atoms with van der Waals surface area (Å²) in [6, 6.07) is 15.1. The Morgan fingerprint density at radius 3 is 2.59 bits per heavy atom. The first-order chi connectivity index (χ1) is 16.3. The number of amides is 1. The molecule has 34 heavy (non-hydrogen) atoms. The zero-order valence-corrected chi connectivity index (χ0v) is 19.8. The van der Waals surface area contributed by atoms with Gasteiger partial charge in [0.1, 0.15) is 0 Å². The molecule has 0 unspecified atom stereocenters. The van der Waals surface area contributed by atoms with Crippen molar-refractivity contribution in [3.8, 4) is 5.69 Å². The second-order valence-electron chi connectivity index (χ2n) is 7.27. The summed E-state index contributed by atoms with van der Waals surface area (Å²) in [5.41, 5.74) is 6.46. The highest BCUT2D eigenvalue weighted by atomic mass is 32.2. The predicted octanol–water partition coefficient (Wildman–Crippen LogP) is 4.42. The summed E-state index contributed by atoms with van der Waals surface area (Å²) in [6.07, 6.45) is 1.57. The Kier molecular flexibility index (Phi) is 8.20. The lowest BCUT2D eigenvalue weighted by molar-refractivity contribution is -0.384. The Balaban J connectivity index is 1.63. The fourth-order valence-electron chi connectivity index (χ4n) is 3.32. The Morgan fingerprint density at radius 2 is 1.91 bits per heavy atom. The number of aromatic nitrogens is 1. The molecule has 0 aliphatic heterocycles. The number of hydrazone groups is 1. The van der Waals surface area contributed by atoms with Crippen molar-refractivity contribution in [1.29, 1.82) is 0 Å². The smallest absolute Gasteiger partial charge is 0.338 e. The minimum absolute atomic E-state index is 0.00335. The molecule has 0 fully saturated rings. The lowest BCUT2D eigenvalue weighted by Crippen LogP contribution is -2.19. The number of hydrogen-bond acceptors (Lipinski definition) is 7. The summed E-state index contributed by atoms with van der Waals surface area (Å²) in [5.74, 6) is -0.548. The van der Waals surface area contributed by atoms with Crippen LogP contribution in [-0.2, 0) is 9.53 Å². The summed E-state index contributed by atoms with van der Waals surface area (Å²) >= 11 is 1.26. The number of aryl methyl sites for hydroxylation is 1. The fraction of sp³-hybridized carbons (Fsp3) is 0.208. The maximum atomic E-state index is 12.1. The van der Waals surface area contributed by atoms with Crippen molar-refractivity contribution in [2.75, 3.05) is 12.4 Å². The minimum atomic E-state index is -0.468. The van der Waals surface area contributed by atoms with Gasteiger partial charge < -0.3 is 9.30 Å². The number of nitrogens with one attached hydrogen (secondary N) is 1. The number of esters is 1. The molecule has 10 heteroatoms. The van der Waals surface area contributed by atoms with E-state index in [1.54, 1.807) is 43.5 Å². The van der Waals surface area contributed by atoms with Crippen LogP contribution in [0.5, 0.6) is 0 Å². The molecule has 1 aromatic heterocycles. The van der Waals surface area contributed by atoms with E-state index in [1.165, 1.54) is 23.9 Å². The Labute approximate surface area is 201 Å². The van der Waals surface area contributed by atoms with E-state index in [-0.39, 0.29) is 23.3 Å². The molecular weight excluding hydrogens is 456 g/mol. The minimum Gasteiger partial charge on any atom is -0.462 e. The predicted molar refractivity (Wildman–Crippen MR) is 131 cm³/mol. The van der Waals surface area contributed by atoms with Crippen molar-refractivity contribution < 1.29 is 19.2 Å². The average molecular weight is 481 g/mol. The monoisotopic (exact) mass is 480 g/mol. The molecule has 0 atom stereocenters. The summed E-state index contributed by atoms with van der Waals surface area (Å²) < 4.78 is 7.08. The van der Waals surface area contributed by atoms with Gasteiger partial charge in [-0.2, -0.15) is 5.10 Å². The van der Waals surface area contributed by atoms with Crippen molar-refractivity contribution in [2.45, 2.75) is 25.7 Å². The molecule has 3 aromatic rings. The fourth-order valence-corrected chi connectivity index (χ4v) is 4.01. The van der Waals surface area contributed by atoms with Crippen molar-refractivity contribution in [3.05, 3.63) is 87.2 Å². The molecule has 0 bridgehead atoms. The van der Waals surface area contributed by atoms with Crippen LogP contribution in [0.1, 0.15) is 34.2 Å². The van der Waals surface area contributed by atoms with Gasteiger partial charge in [0.2, 0.25) is 5.91 Å². The Hall–Kier alpha value is -3.92. The second kappa shape index (κ2) is 11.3. The van der Waals surface area contributed by atoms with Gasteiger partial charge in [0.05, 0.1) is 29.1 Å². The molecule has 3 rings (SSSR count). The maximum Gasteiger partial charge on any atom is 0.338 e. The number of ether oxygens (including phenoxy) is 1. The van der Waals surface area contributed by atoms with Crippen LogP contribution in [0.15, 0.2) is 64.6 Å². The summed E-state index contributed by atoms with van der Waals surface area (Å²) in [5, 5.41) is 14.8. The third-order valence-corrected chi connectivity index (χ3v) is 5.91. The van der Waals surface area contributed by atoms with Gasteiger partial charge in [-0.15, -0.1) is 11.8 Å². The maximum absolute atomic E-state index is 12.1. The quantitative estimate of drug-likeness (QED) is 0.159. The normalized spacial score (nSPS) is 10.9. The van der Waals surface area contributed by atoms with Crippen LogP contribution in [-0.4, -0.2) is 39.9 Å². The highest BCUT2D eigenvalue weighted by Crippen LogP contribution is 2.22. The zero-order valence-electron chi connectivity index (χ0n) is 19.0. The molecule has 1 amide bonds. The van der Waals surface area contributed by atoms with E-state index in [2.05, 4.69) is 10.5 Å². The van der Waals surface area contributed by atoms with Crippen LogP contribution in [0.25, 0.3) is 5.69 Å². The molecule has 1 N–H and O–H groups in total. The standard InChI is InChI=1S/C24H24N4O5S/c1-4-33-24(30)18-6-5-7-21(13-18)27-16(2)12-19(17(27)3)14-25-26-23(29)15-34-22-10-8-20(9-11-22)28(31)32/h5-14H,4,15H2,1-3H3,(H,26,29)/b25-14-. The molecule has 9 nitrogen and oxygen atoms in total. The van der Waals surface area contributed by atoms with E-state index in [0.717, 1.165) is 27.5 Å². The number of benzene rings is 2. The molecular formula is C24H24N4O5S. The number of nitrogens with zero attached hydrogens (tertiary/aromatic N) is 3. The first-order valence-corrected chi connectivity index (χ1v) is 11.4. The number of hydrogen-bond donors (Lipinski definition) is 1. The van der Waals surface area contributed by atoms with Crippen LogP contribution in [0.3, 0.4) is 0 Å². The number of rotatable bonds is 9. The Bertz CT molecular complexity index is 1230. The first kappa shape index (κ1) is 24.7. The first-order valence-electron chi connectivity index (χ1n) is 10.5. The number of carbonyl (C=O) groups is 2. The number of nitro groups is 1. The van der Waals surface area contributed by atoms with E-state index in [9.17, 15) is 19.7 Å². The van der Waals surface area contributed by atoms with Gasteiger partial charge in [-0.3, -0.25) is 14.9 Å². The SMILES string of the molecule is CCOC(=O)c1cccc(-n2c(C)cc(/C=N\NC(=O)CSc3ccc([N+](=O)[O-])cc3)c2C)c1. The second-order valence-corrected chi connectivity index (χ2v) is 8.31. The van der Waals surface area contributed by atoms with Gasteiger partial charge in [0.25, 0.3) is 5.69 Å². The van der Waals surface area contributed by atoms with Gasteiger partial charge >= 0.3 is 5.97 Å². The third-order valence-electron chi connectivity index (χ3n) is 4.90. The van der Waals surface area contributed by atoms with E-state index >= 15 is 0 Å². The highest BCUT2D eigenvalue weighted by molar-refractivity contribution is 8.00. The van der Waals surface area contributed by atoms with Crippen molar-refractivity contribution in [2.24, 2.45) is 5.10 Å². The third kappa shape index (κ3) is 6.10. The van der Waals surface area contributed by atoms with E-state index < -0.39 is 4.92 Å². The van der Waals surface area contributed by atoms with Crippen LogP contribution < -0.4 is 5.43 Å². The van der Waals surface area contributed by atoms with Crippen LogP contribution in [0.2, 0.25) is 0 Å². The largest absolute Gasteiger partial charge is 0.462 e. The molecule has 176 valence electrons. The van der Waals surface area contributed by atoms with Gasteiger partial charge in [-0.25, -0.2) is 10.2 Å². The van der Waals surface area contributed by atoms with E-state index in [1.807, 2.05) is 30.5 Å². The average Bonchev–Trinajstić information content (AvgIpc) is 3.11. The van der Waals surface area contributed by atoms with Crippen molar-refractivity contribution >= 4 is 35.5 Å². The van der Waals surface area contributed by atoms with Gasteiger partial charge in [0, 0.05) is 39.7 Å². The molecule has 0 saturated carbocycles. The Morgan fingerprint density at radius 1 is 1.18 bits per heavy atom. The van der Waals surface area contributed by atoms with Gasteiger partial charge in [0.15, 0.2) is 0 Å². The number of thioether (sulfide) groups is 1. The van der Waals surface area contributed by atoms with Gasteiger partial charge in [-0.05, 0) is 57.2 Å². The molecule has 0 aliphatic rings. The molecule has 0 radical (unpaired) electrons. The topological polar surface area (TPSA) is 116 Å². The number of non-ortho nitro benzene ring substituents is 1. The van der Waals surface area contributed by atoms with Gasteiger partial charge in [-0.1, -0.05) is 6.07 Å². The zero-order chi connectivity index (χ0) is 24.7. The molecule has 2 aromatic carbocycles. The summed E-state index contributed by atoms with van der Waals surface area (Å²) in [7, 11) is 0. The molecule has 1 heterocycles. The van der Waals surface area contributed by atoms with Crippen molar-refractivity contribution in [1.82, 2.24) is 9.99 Å². The summed E-state index contributed by atoms with van der Waals surface area (Å²) in [6.45, 7) is 5.95. The highest BCUT2D eigenvalue weighted by Gasteiger charge is 2.13. The lowest BCUT2D eigenvalue weighted by Gasteiger charge is -2.11. The van der Waals surface area contributed by atoms with E-state index in [4.69, 9.17) is 4.74 Å². The van der Waals surface area contributed by atoms with Crippen LogP contribution in [0.4, 0.5) is 5.69 Å². The van der Waals surface area contributed by atoms with Crippen LogP contribution in [0, 0.1) is 24.0 Å². The van der Waals surface area contributed by atoms with E-state index in [0.29, 0.717) is 12.2 Å². The molecule has 0 spiro atoms. The molecule has 0 aliphatic carbocycles. The number of carbonyl (C=O) groups excluding carboxylic acids is 2. The van der Waals surface area contributed by atoms with Crippen molar-refractivity contribution in [3.63, 3.8) is 0 Å². The summed E-state index contributed by atoms with van der Waals surface area (Å²) in [4.78, 5) is 35.2. The lowest BCUT2D eigenvalue weighted by atomic mass is 10.2. The number of nitro benzene ring substituents is 1. The molecule has 0 saturated heterocycles.